The molecule has 1 fully saturated rings. The zero-order valence-corrected chi connectivity index (χ0v) is 20.1. The van der Waals surface area contributed by atoms with E-state index in [1.807, 2.05) is 26.8 Å². The van der Waals surface area contributed by atoms with Gasteiger partial charge in [0.2, 0.25) is 0 Å². The van der Waals surface area contributed by atoms with Crippen molar-refractivity contribution in [2.45, 2.75) is 32.2 Å². The van der Waals surface area contributed by atoms with Gasteiger partial charge in [-0.3, -0.25) is 14.5 Å². The number of ketones is 1. The van der Waals surface area contributed by atoms with Crippen molar-refractivity contribution in [1.82, 2.24) is 0 Å². The number of rotatable bonds is 4. The van der Waals surface area contributed by atoms with Gasteiger partial charge in [-0.05, 0) is 52.9 Å². The summed E-state index contributed by atoms with van der Waals surface area (Å²) in [5.74, 6) is -5.22. The summed E-state index contributed by atoms with van der Waals surface area (Å²) in [4.78, 5) is 27.4. The van der Waals surface area contributed by atoms with Gasteiger partial charge in [-0.15, -0.1) is 0 Å². The van der Waals surface area contributed by atoms with Crippen LogP contribution in [-0.2, 0) is 15.0 Å². The molecule has 8 heteroatoms. The van der Waals surface area contributed by atoms with Crippen molar-refractivity contribution < 1.29 is 32.6 Å². The molecule has 3 aromatic rings. The monoisotopic (exact) mass is 495 g/mol. The first-order chi connectivity index (χ1) is 16.9. The fourth-order valence-corrected chi connectivity index (χ4v) is 4.20. The molecular formula is C28H24F3NO4. The average Bonchev–Trinajstić information content (AvgIpc) is 3.10. The van der Waals surface area contributed by atoms with Crippen LogP contribution >= 0.6 is 0 Å². The summed E-state index contributed by atoms with van der Waals surface area (Å²) in [6.07, 6.45) is 0. The first kappa shape index (κ1) is 25.0. The summed E-state index contributed by atoms with van der Waals surface area (Å²) >= 11 is 0. The van der Waals surface area contributed by atoms with E-state index < -0.39 is 40.9 Å². The van der Waals surface area contributed by atoms with Gasteiger partial charge in [-0.2, -0.15) is 0 Å². The van der Waals surface area contributed by atoms with Gasteiger partial charge in [0.05, 0.1) is 24.3 Å². The first-order valence-corrected chi connectivity index (χ1v) is 11.1. The van der Waals surface area contributed by atoms with Crippen LogP contribution in [0.4, 0.5) is 18.9 Å². The van der Waals surface area contributed by atoms with Crippen LogP contribution in [0.3, 0.4) is 0 Å². The quantitative estimate of drug-likeness (QED) is 0.272. The van der Waals surface area contributed by atoms with Gasteiger partial charge in [0.25, 0.3) is 11.7 Å². The molecule has 0 bridgehead atoms. The van der Waals surface area contributed by atoms with Crippen LogP contribution in [-0.4, -0.2) is 23.9 Å². The highest BCUT2D eigenvalue weighted by atomic mass is 19.2. The van der Waals surface area contributed by atoms with Gasteiger partial charge in [-0.25, -0.2) is 13.2 Å². The molecule has 1 aliphatic rings. The highest BCUT2D eigenvalue weighted by Gasteiger charge is 2.47. The molecule has 1 heterocycles. The Bertz CT molecular complexity index is 1390. The maximum absolute atomic E-state index is 14.1. The lowest BCUT2D eigenvalue weighted by Gasteiger charge is -2.26. The Kier molecular flexibility index (Phi) is 6.39. The third-order valence-electron chi connectivity index (χ3n) is 6.13. The van der Waals surface area contributed by atoms with E-state index in [-0.39, 0.29) is 33.6 Å². The van der Waals surface area contributed by atoms with Crippen LogP contribution < -0.4 is 9.64 Å². The average molecular weight is 495 g/mol. The zero-order valence-electron chi connectivity index (χ0n) is 20.1. The molecule has 0 saturated carbocycles. The molecule has 3 aromatic carbocycles. The molecule has 1 atom stereocenters. The normalized spacial score (nSPS) is 17.5. The topological polar surface area (TPSA) is 66.8 Å². The number of halogens is 3. The fraction of sp³-hybridized carbons (Fsp3) is 0.214. The van der Waals surface area contributed by atoms with Crippen molar-refractivity contribution in [1.29, 1.82) is 0 Å². The minimum absolute atomic E-state index is 0.0974. The van der Waals surface area contributed by atoms with Crippen molar-refractivity contribution in [2.24, 2.45) is 0 Å². The predicted octanol–water partition coefficient (Wildman–Crippen LogP) is 6.04. The molecule has 1 N–H and O–H groups in total. The molecule has 186 valence electrons. The number of carbonyl (C=O) groups excluding carboxylic acids is 2. The maximum atomic E-state index is 14.1. The van der Waals surface area contributed by atoms with E-state index in [0.717, 1.165) is 40.8 Å². The predicted molar refractivity (Wildman–Crippen MR) is 129 cm³/mol. The molecule has 0 aromatic heterocycles. The van der Waals surface area contributed by atoms with Crippen molar-refractivity contribution in [3.05, 3.63) is 100 Å². The number of nitrogens with zero attached hydrogens (tertiary/aromatic N) is 1. The number of hydrogen-bond donors (Lipinski definition) is 1. The van der Waals surface area contributed by atoms with Gasteiger partial charge in [0, 0.05) is 11.8 Å². The maximum Gasteiger partial charge on any atom is 0.300 e. The lowest BCUT2D eigenvalue weighted by molar-refractivity contribution is -0.132. The molecule has 1 unspecified atom stereocenters. The molecule has 0 spiro atoms. The molecule has 36 heavy (non-hydrogen) atoms. The molecule has 1 saturated heterocycles. The smallest absolute Gasteiger partial charge is 0.300 e. The Balaban J connectivity index is 2.00. The largest absolute Gasteiger partial charge is 0.507 e. The van der Waals surface area contributed by atoms with Crippen LogP contribution in [0.1, 0.15) is 43.5 Å². The second-order valence-electron chi connectivity index (χ2n) is 9.48. The molecular weight excluding hydrogens is 471 g/mol. The van der Waals surface area contributed by atoms with Gasteiger partial charge in [0.15, 0.2) is 11.6 Å². The molecule has 1 aliphatic heterocycles. The van der Waals surface area contributed by atoms with E-state index in [2.05, 4.69) is 0 Å². The Morgan fingerprint density at radius 2 is 1.58 bits per heavy atom. The van der Waals surface area contributed by atoms with E-state index in [1.165, 1.54) is 19.2 Å². The van der Waals surface area contributed by atoms with Crippen molar-refractivity contribution >= 4 is 23.1 Å². The van der Waals surface area contributed by atoms with Gasteiger partial charge in [-0.1, -0.05) is 39.0 Å². The summed E-state index contributed by atoms with van der Waals surface area (Å²) in [6, 6.07) is 11.7. The number of hydrogen-bond acceptors (Lipinski definition) is 4. The van der Waals surface area contributed by atoms with Crippen molar-refractivity contribution in [3.8, 4) is 5.75 Å². The molecule has 4 rings (SSSR count). The first-order valence-electron chi connectivity index (χ1n) is 11.1. The Labute approximate surface area is 206 Å². The number of benzene rings is 3. The minimum atomic E-state index is -1.24. The summed E-state index contributed by atoms with van der Waals surface area (Å²) in [6.45, 7) is 5.91. The van der Waals surface area contributed by atoms with E-state index in [1.54, 1.807) is 12.1 Å². The number of aliphatic hydroxyl groups is 1. The van der Waals surface area contributed by atoms with Gasteiger partial charge >= 0.3 is 0 Å². The van der Waals surface area contributed by atoms with Gasteiger partial charge in [0.1, 0.15) is 17.3 Å². The zero-order chi connectivity index (χ0) is 26.4. The highest BCUT2D eigenvalue weighted by molar-refractivity contribution is 6.51. The van der Waals surface area contributed by atoms with E-state index in [0.29, 0.717) is 0 Å². The number of ether oxygens (including phenoxy) is 1. The molecule has 0 aliphatic carbocycles. The second kappa shape index (κ2) is 9.18. The Morgan fingerprint density at radius 3 is 2.17 bits per heavy atom. The number of anilines is 1. The van der Waals surface area contributed by atoms with Crippen LogP contribution in [0.2, 0.25) is 0 Å². The van der Waals surface area contributed by atoms with E-state index in [9.17, 15) is 27.9 Å². The number of carbonyl (C=O) groups is 2. The molecule has 5 nitrogen and oxygen atoms in total. The third kappa shape index (κ3) is 4.34. The standard InChI is InChI=1S/C28H24F3NO4/c1-28(2,3)16-7-12-22(36-4)19(13-16)25(33)23-24(15-5-8-17(29)9-6-15)32(27(35)26(23)34)18-10-11-20(30)21(31)14-18/h5-14,24,33H,1-4H3/b25-23+. The van der Waals surface area contributed by atoms with Crippen LogP contribution in [0.5, 0.6) is 5.75 Å². The summed E-state index contributed by atoms with van der Waals surface area (Å²) in [7, 11) is 1.40. The van der Waals surface area contributed by atoms with Crippen molar-refractivity contribution in [2.75, 3.05) is 12.0 Å². The number of aliphatic hydroxyl groups excluding tert-OH is 1. The van der Waals surface area contributed by atoms with E-state index in [4.69, 9.17) is 4.74 Å². The summed E-state index contributed by atoms with van der Waals surface area (Å²) < 4.78 is 46.8. The fourth-order valence-electron chi connectivity index (χ4n) is 4.20. The number of amides is 1. The van der Waals surface area contributed by atoms with Crippen LogP contribution in [0.25, 0.3) is 5.76 Å². The lowest BCUT2D eigenvalue weighted by Crippen LogP contribution is -2.29. The van der Waals surface area contributed by atoms with Gasteiger partial charge < -0.3 is 9.84 Å². The number of methoxy groups -OCH3 is 1. The molecule has 1 amide bonds. The lowest BCUT2D eigenvalue weighted by atomic mass is 9.85. The molecule has 0 radical (unpaired) electrons. The Hall–Kier alpha value is -4.07. The number of Topliss-reactive ketones (excluding diaryl/α,β-unsaturated/α-hetero) is 1. The van der Waals surface area contributed by atoms with Crippen molar-refractivity contribution in [3.63, 3.8) is 0 Å². The third-order valence-corrected chi connectivity index (χ3v) is 6.13. The van der Waals surface area contributed by atoms with Crippen LogP contribution in [0, 0.1) is 17.5 Å². The Morgan fingerprint density at radius 1 is 0.917 bits per heavy atom. The summed E-state index contributed by atoms with van der Waals surface area (Å²) in [5, 5.41) is 11.5. The SMILES string of the molecule is COc1ccc(C(C)(C)C)cc1/C(O)=C1\C(=O)C(=O)N(c2ccc(F)c(F)c2)C1c1ccc(F)cc1. The minimum Gasteiger partial charge on any atom is -0.507 e. The van der Waals surface area contributed by atoms with E-state index >= 15 is 0 Å². The van der Waals surface area contributed by atoms with Crippen LogP contribution in [0.15, 0.2) is 66.2 Å². The summed E-state index contributed by atoms with van der Waals surface area (Å²) in [5.41, 5.74) is 0.599. The second-order valence-corrected chi connectivity index (χ2v) is 9.48. The highest BCUT2D eigenvalue weighted by Crippen LogP contribution is 2.44.